The van der Waals surface area contributed by atoms with Crippen molar-refractivity contribution < 1.29 is 24.2 Å². The summed E-state index contributed by atoms with van der Waals surface area (Å²) in [6.07, 6.45) is 0.655. The predicted octanol–water partition coefficient (Wildman–Crippen LogP) is 1.72. The Hall–Kier alpha value is -2.83. The molecule has 128 valence electrons. The number of hydrogen-bond acceptors (Lipinski definition) is 5. The van der Waals surface area contributed by atoms with E-state index in [0.717, 1.165) is 0 Å². The molecule has 1 amide bonds. The van der Waals surface area contributed by atoms with Crippen LogP contribution in [0.5, 0.6) is 5.75 Å². The smallest absolute Gasteiger partial charge is 0.340 e. The van der Waals surface area contributed by atoms with Crippen molar-refractivity contribution in [1.29, 1.82) is 0 Å². The minimum Gasteiger partial charge on any atom is -0.508 e. The van der Waals surface area contributed by atoms with E-state index in [9.17, 15) is 19.5 Å². The molecule has 2 aromatic rings. The lowest BCUT2D eigenvalue weighted by atomic mass is 10.0. The lowest BCUT2D eigenvalue weighted by Crippen LogP contribution is -2.41. The zero-order chi connectivity index (χ0) is 17.9. The van der Waals surface area contributed by atoms with Gasteiger partial charge in [0, 0.05) is 11.5 Å². The van der Waals surface area contributed by atoms with Crippen LogP contribution in [0.15, 0.2) is 27.4 Å². The Morgan fingerprint density at radius 2 is 2.04 bits per heavy atom. The molecule has 0 aliphatic carbocycles. The van der Waals surface area contributed by atoms with Crippen LogP contribution in [0.1, 0.15) is 30.9 Å². The van der Waals surface area contributed by atoms with E-state index in [1.807, 2.05) is 6.92 Å². The van der Waals surface area contributed by atoms with E-state index in [4.69, 9.17) is 9.52 Å². The second-order valence-electron chi connectivity index (χ2n) is 5.60. The maximum Gasteiger partial charge on any atom is 0.340 e. The molecule has 0 aliphatic heterocycles. The van der Waals surface area contributed by atoms with Crippen LogP contribution < -0.4 is 10.9 Å². The summed E-state index contributed by atoms with van der Waals surface area (Å²) in [5, 5.41) is 21.6. The fourth-order valence-corrected chi connectivity index (χ4v) is 2.54. The fourth-order valence-electron chi connectivity index (χ4n) is 2.54. The number of phenols is 1. The summed E-state index contributed by atoms with van der Waals surface area (Å²) in [4.78, 5) is 35.3. The molecule has 1 aromatic heterocycles. The van der Waals surface area contributed by atoms with Crippen LogP contribution in [0.2, 0.25) is 0 Å². The van der Waals surface area contributed by atoms with Crippen LogP contribution in [-0.4, -0.2) is 28.1 Å². The van der Waals surface area contributed by atoms with Gasteiger partial charge in [-0.25, -0.2) is 9.59 Å². The summed E-state index contributed by atoms with van der Waals surface area (Å²) >= 11 is 0. The lowest BCUT2D eigenvalue weighted by molar-refractivity contribution is -0.141. The number of nitrogens with one attached hydrogen (secondary N) is 1. The first-order chi connectivity index (χ1) is 11.3. The standard InChI is InChI=1S/C17H19NO6/c1-3-4-13(16(21)22)18-15(20)8-12-9(2)11-6-5-10(19)7-14(11)24-17(12)23/h5-7,13,19H,3-4,8H2,1-2H3,(H,18,20)(H,21,22)/t13-/m0/s1. The Labute approximate surface area is 137 Å². The monoisotopic (exact) mass is 333 g/mol. The van der Waals surface area contributed by atoms with E-state index in [-0.39, 0.29) is 23.3 Å². The molecule has 0 fully saturated rings. The van der Waals surface area contributed by atoms with Gasteiger partial charge in [0.1, 0.15) is 17.4 Å². The predicted molar refractivity (Wildman–Crippen MR) is 87.1 cm³/mol. The Kier molecular flexibility index (Phi) is 5.23. The molecule has 0 spiro atoms. The zero-order valence-corrected chi connectivity index (χ0v) is 13.5. The molecule has 0 bridgehead atoms. The first-order valence-electron chi connectivity index (χ1n) is 7.61. The van der Waals surface area contributed by atoms with E-state index in [0.29, 0.717) is 23.8 Å². The SMILES string of the molecule is CCC[C@H](NC(=O)Cc1c(C)c2ccc(O)cc2oc1=O)C(=O)O. The third-order valence-corrected chi connectivity index (χ3v) is 3.82. The number of carbonyl (C=O) groups is 2. The molecule has 7 heteroatoms. The summed E-state index contributed by atoms with van der Waals surface area (Å²) in [6.45, 7) is 3.50. The summed E-state index contributed by atoms with van der Waals surface area (Å²) < 4.78 is 5.14. The average molecular weight is 333 g/mol. The maximum atomic E-state index is 12.1. The van der Waals surface area contributed by atoms with Gasteiger partial charge in [0.15, 0.2) is 0 Å². The number of aromatic hydroxyl groups is 1. The number of benzene rings is 1. The van der Waals surface area contributed by atoms with Crippen molar-refractivity contribution in [3.63, 3.8) is 0 Å². The Morgan fingerprint density at radius 3 is 2.67 bits per heavy atom. The summed E-state index contributed by atoms with van der Waals surface area (Å²) in [5.41, 5.74) is 0.296. The number of phenolic OH excluding ortho intramolecular Hbond substituents is 1. The highest BCUT2D eigenvalue weighted by Crippen LogP contribution is 2.23. The van der Waals surface area contributed by atoms with Crippen LogP contribution in [0, 0.1) is 6.92 Å². The topological polar surface area (TPSA) is 117 Å². The average Bonchev–Trinajstić information content (AvgIpc) is 2.50. The molecule has 0 aliphatic rings. The summed E-state index contributed by atoms with van der Waals surface area (Å²) in [7, 11) is 0. The van der Waals surface area contributed by atoms with E-state index in [1.54, 1.807) is 13.0 Å². The lowest BCUT2D eigenvalue weighted by Gasteiger charge is -2.14. The number of aliphatic carboxylic acids is 1. The van der Waals surface area contributed by atoms with Gasteiger partial charge in [-0.15, -0.1) is 0 Å². The Morgan fingerprint density at radius 1 is 1.33 bits per heavy atom. The van der Waals surface area contributed by atoms with Gasteiger partial charge in [-0.1, -0.05) is 13.3 Å². The van der Waals surface area contributed by atoms with Crippen molar-refractivity contribution in [2.75, 3.05) is 0 Å². The molecule has 0 saturated heterocycles. The number of fused-ring (bicyclic) bond motifs is 1. The summed E-state index contributed by atoms with van der Waals surface area (Å²) in [6, 6.07) is 3.41. The van der Waals surface area contributed by atoms with Gasteiger partial charge < -0.3 is 19.9 Å². The second kappa shape index (κ2) is 7.16. The molecule has 1 atom stereocenters. The number of hydrogen-bond donors (Lipinski definition) is 3. The highest BCUT2D eigenvalue weighted by Gasteiger charge is 2.21. The van der Waals surface area contributed by atoms with Crippen LogP contribution in [0.4, 0.5) is 0 Å². The van der Waals surface area contributed by atoms with Crippen molar-refractivity contribution in [3.05, 3.63) is 39.7 Å². The van der Waals surface area contributed by atoms with Gasteiger partial charge in [0.05, 0.1) is 12.0 Å². The second-order valence-corrected chi connectivity index (χ2v) is 5.60. The number of amides is 1. The van der Waals surface area contributed by atoms with Gasteiger partial charge in [-0.05, 0) is 31.0 Å². The quantitative estimate of drug-likeness (QED) is 0.693. The van der Waals surface area contributed by atoms with Crippen molar-refractivity contribution in [2.24, 2.45) is 0 Å². The van der Waals surface area contributed by atoms with Gasteiger partial charge in [-0.3, -0.25) is 4.79 Å². The van der Waals surface area contributed by atoms with E-state index < -0.39 is 23.5 Å². The molecule has 0 unspecified atom stereocenters. The van der Waals surface area contributed by atoms with Crippen molar-refractivity contribution in [3.8, 4) is 5.75 Å². The number of rotatable bonds is 6. The summed E-state index contributed by atoms with van der Waals surface area (Å²) in [5.74, 6) is -1.69. The first-order valence-corrected chi connectivity index (χ1v) is 7.61. The van der Waals surface area contributed by atoms with Gasteiger partial charge >= 0.3 is 11.6 Å². The Balaban J connectivity index is 2.29. The molecule has 24 heavy (non-hydrogen) atoms. The van der Waals surface area contributed by atoms with Crippen LogP contribution >= 0.6 is 0 Å². The highest BCUT2D eigenvalue weighted by atomic mass is 16.4. The van der Waals surface area contributed by atoms with Crippen molar-refractivity contribution >= 4 is 22.8 Å². The minimum absolute atomic E-state index is 0.0283. The third kappa shape index (κ3) is 3.73. The molecule has 0 saturated carbocycles. The molecule has 7 nitrogen and oxygen atoms in total. The minimum atomic E-state index is -1.11. The molecule has 0 radical (unpaired) electrons. The highest BCUT2D eigenvalue weighted by molar-refractivity contribution is 5.87. The molecule has 3 N–H and O–H groups in total. The maximum absolute atomic E-state index is 12.1. The molecule has 1 aromatic carbocycles. The van der Waals surface area contributed by atoms with Crippen LogP contribution in [0.25, 0.3) is 11.0 Å². The molecular formula is C17H19NO6. The zero-order valence-electron chi connectivity index (χ0n) is 13.5. The van der Waals surface area contributed by atoms with E-state index in [1.165, 1.54) is 12.1 Å². The Bertz CT molecular complexity index is 839. The number of aryl methyl sites for hydroxylation is 1. The van der Waals surface area contributed by atoms with E-state index in [2.05, 4.69) is 5.32 Å². The van der Waals surface area contributed by atoms with Crippen molar-refractivity contribution in [2.45, 2.75) is 39.2 Å². The number of carboxylic acids is 1. The molecular weight excluding hydrogens is 314 g/mol. The number of carbonyl (C=O) groups excluding carboxylic acids is 1. The van der Waals surface area contributed by atoms with Crippen LogP contribution in [-0.2, 0) is 16.0 Å². The fraction of sp³-hybridized carbons (Fsp3) is 0.353. The molecule has 1 heterocycles. The van der Waals surface area contributed by atoms with Crippen molar-refractivity contribution in [1.82, 2.24) is 5.32 Å². The van der Waals surface area contributed by atoms with Gasteiger partial charge in [-0.2, -0.15) is 0 Å². The van der Waals surface area contributed by atoms with Crippen LogP contribution in [0.3, 0.4) is 0 Å². The molecule has 2 rings (SSSR count). The van der Waals surface area contributed by atoms with E-state index >= 15 is 0 Å². The number of carboxylic acid groups (broad SMARTS) is 1. The normalized spacial score (nSPS) is 12.1. The largest absolute Gasteiger partial charge is 0.508 e. The first kappa shape index (κ1) is 17.5. The van der Waals surface area contributed by atoms with Gasteiger partial charge in [0.25, 0.3) is 0 Å². The third-order valence-electron chi connectivity index (χ3n) is 3.82. The van der Waals surface area contributed by atoms with Gasteiger partial charge in [0.2, 0.25) is 5.91 Å².